The summed E-state index contributed by atoms with van der Waals surface area (Å²) in [6.07, 6.45) is 6.58. The van der Waals surface area contributed by atoms with Crippen LogP contribution in [0.15, 0.2) is 24.3 Å². The van der Waals surface area contributed by atoms with Gasteiger partial charge < -0.3 is 19.9 Å². The molecule has 3 N–H and O–H groups in total. The minimum absolute atomic E-state index is 0.0148. The van der Waals surface area contributed by atoms with E-state index in [1.165, 1.54) is 26.2 Å². The Bertz CT molecular complexity index is 740. The second-order valence-electron chi connectivity index (χ2n) is 6.64. The fourth-order valence-electron chi connectivity index (χ4n) is 2.91. The van der Waals surface area contributed by atoms with Crippen molar-refractivity contribution in [3.05, 3.63) is 29.8 Å². The maximum absolute atomic E-state index is 12.0. The Labute approximate surface area is 163 Å². The van der Waals surface area contributed by atoms with Crippen molar-refractivity contribution in [2.24, 2.45) is 0 Å². The molecule has 1 atom stereocenters. The molecule has 1 fully saturated rings. The molecule has 1 aromatic carbocycles. The van der Waals surface area contributed by atoms with Gasteiger partial charge in [-0.1, -0.05) is 25.3 Å². The normalized spacial score (nSPS) is 15.6. The zero-order valence-electron chi connectivity index (χ0n) is 16.1. The van der Waals surface area contributed by atoms with Crippen LogP contribution >= 0.6 is 0 Å². The van der Waals surface area contributed by atoms with Gasteiger partial charge in [-0.2, -0.15) is 0 Å². The Balaban J connectivity index is 1.80. The van der Waals surface area contributed by atoms with E-state index in [0.29, 0.717) is 5.56 Å². The van der Waals surface area contributed by atoms with E-state index >= 15 is 0 Å². The van der Waals surface area contributed by atoms with Crippen LogP contribution in [0, 0.1) is 0 Å². The van der Waals surface area contributed by atoms with Crippen molar-refractivity contribution >= 4 is 24.0 Å². The van der Waals surface area contributed by atoms with Gasteiger partial charge in [-0.15, -0.1) is 0 Å². The third-order valence-electron chi connectivity index (χ3n) is 4.45. The topological polar surface area (TPSA) is 114 Å². The number of rotatable bonds is 6. The Morgan fingerprint density at radius 1 is 1.21 bits per heavy atom. The summed E-state index contributed by atoms with van der Waals surface area (Å²) in [6.45, 7) is 1.39. The first kappa shape index (κ1) is 21.3. The van der Waals surface area contributed by atoms with E-state index in [2.05, 4.69) is 10.6 Å². The highest BCUT2D eigenvalue weighted by Gasteiger charge is 2.21. The van der Waals surface area contributed by atoms with E-state index in [9.17, 15) is 19.5 Å². The van der Waals surface area contributed by atoms with E-state index in [-0.39, 0.29) is 17.5 Å². The van der Waals surface area contributed by atoms with Gasteiger partial charge in [0.25, 0.3) is 5.91 Å². The predicted octanol–water partition coefficient (Wildman–Crippen LogP) is 2.50. The minimum Gasteiger partial charge on any atom is -0.504 e. The minimum atomic E-state index is -1.12. The molecule has 8 nitrogen and oxygen atoms in total. The molecule has 0 spiro atoms. The summed E-state index contributed by atoms with van der Waals surface area (Å²) < 4.78 is 10.00. The standard InChI is InChI=1S/C20H26N2O6/c1-13(19(25)22-20(26)21-15-6-4-3-5-7-15)28-18(24)11-9-14-8-10-16(23)17(12-14)27-2/h8-13,15,23H,3-7H2,1-2H3,(H2,21,22,25,26)/b11-9+/t13-/m1/s1. The Morgan fingerprint density at radius 2 is 1.93 bits per heavy atom. The first-order chi connectivity index (χ1) is 13.4. The summed E-state index contributed by atoms with van der Waals surface area (Å²) in [6, 6.07) is 4.07. The van der Waals surface area contributed by atoms with Crippen LogP contribution in [-0.2, 0) is 14.3 Å². The van der Waals surface area contributed by atoms with E-state index in [1.54, 1.807) is 12.1 Å². The number of hydrogen-bond donors (Lipinski definition) is 3. The number of hydrogen-bond acceptors (Lipinski definition) is 6. The summed E-state index contributed by atoms with van der Waals surface area (Å²) in [5.41, 5.74) is 0.607. The summed E-state index contributed by atoms with van der Waals surface area (Å²) >= 11 is 0. The first-order valence-corrected chi connectivity index (χ1v) is 9.26. The number of imide groups is 1. The van der Waals surface area contributed by atoms with E-state index in [4.69, 9.17) is 9.47 Å². The Kier molecular flexibility index (Phi) is 7.86. The van der Waals surface area contributed by atoms with Gasteiger partial charge in [0.1, 0.15) is 0 Å². The molecule has 0 radical (unpaired) electrons. The molecule has 3 amide bonds. The largest absolute Gasteiger partial charge is 0.504 e. The highest BCUT2D eigenvalue weighted by molar-refractivity contribution is 5.98. The molecule has 1 aliphatic rings. The number of nitrogens with one attached hydrogen (secondary N) is 2. The monoisotopic (exact) mass is 390 g/mol. The van der Waals surface area contributed by atoms with Crippen LogP contribution in [-0.4, -0.2) is 42.3 Å². The van der Waals surface area contributed by atoms with Crippen molar-refractivity contribution in [2.45, 2.75) is 51.2 Å². The number of amides is 3. The lowest BCUT2D eigenvalue weighted by Gasteiger charge is -2.23. The molecule has 28 heavy (non-hydrogen) atoms. The molecule has 1 aromatic rings. The molecular formula is C20H26N2O6. The smallest absolute Gasteiger partial charge is 0.331 e. The second kappa shape index (κ2) is 10.3. The van der Waals surface area contributed by atoms with Gasteiger partial charge >= 0.3 is 12.0 Å². The quantitative estimate of drug-likeness (QED) is 0.508. The number of carbonyl (C=O) groups excluding carboxylic acids is 3. The van der Waals surface area contributed by atoms with Crippen LogP contribution in [0.25, 0.3) is 6.08 Å². The van der Waals surface area contributed by atoms with Gasteiger partial charge in [0.05, 0.1) is 7.11 Å². The lowest BCUT2D eigenvalue weighted by Crippen LogP contribution is -2.48. The average molecular weight is 390 g/mol. The molecule has 152 valence electrons. The van der Waals surface area contributed by atoms with Crippen LogP contribution in [0.1, 0.15) is 44.6 Å². The van der Waals surface area contributed by atoms with Crippen LogP contribution in [0.3, 0.4) is 0 Å². The maximum Gasteiger partial charge on any atom is 0.331 e. The molecule has 0 bridgehead atoms. The average Bonchev–Trinajstić information content (AvgIpc) is 2.67. The molecule has 0 saturated heterocycles. The Morgan fingerprint density at radius 3 is 2.61 bits per heavy atom. The number of methoxy groups -OCH3 is 1. The zero-order chi connectivity index (χ0) is 20.5. The van der Waals surface area contributed by atoms with Crippen molar-refractivity contribution in [3.63, 3.8) is 0 Å². The fraction of sp³-hybridized carbons (Fsp3) is 0.450. The lowest BCUT2D eigenvalue weighted by molar-refractivity contribution is -0.149. The van der Waals surface area contributed by atoms with Crippen molar-refractivity contribution in [2.75, 3.05) is 7.11 Å². The summed E-state index contributed by atoms with van der Waals surface area (Å²) in [7, 11) is 1.42. The lowest BCUT2D eigenvalue weighted by atomic mass is 9.96. The number of phenolic OH excluding ortho intramolecular Hbond substituents is 1. The number of urea groups is 1. The van der Waals surface area contributed by atoms with Gasteiger partial charge in [-0.25, -0.2) is 9.59 Å². The summed E-state index contributed by atoms with van der Waals surface area (Å²) in [4.78, 5) is 35.8. The van der Waals surface area contributed by atoms with Crippen LogP contribution in [0.4, 0.5) is 4.79 Å². The molecular weight excluding hydrogens is 364 g/mol. The van der Waals surface area contributed by atoms with Crippen LogP contribution in [0.2, 0.25) is 0 Å². The van der Waals surface area contributed by atoms with Gasteiger partial charge in [-0.05, 0) is 43.5 Å². The van der Waals surface area contributed by atoms with E-state index in [1.807, 2.05) is 0 Å². The molecule has 0 aromatic heterocycles. The molecule has 2 rings (SSSR count). The van der Waals surface area contributed by atoms with Crippen molar-refractivity contribution < 1.29 is 29.0 Å². The summed E-state index contributed by atoms with van der Waals surface area (Å²) in [5, 5.41) is 14.5. The van der Waals surface area contributed by atoms with Gasteiger partial charge in [-0.3, -0.25) is 10.1 Å². The van der Waals surface area contributed by atoms with Crippen LogP contribution < -0.4 is 15.4 Å². The molecule has 1 saturated carbocycles. The number of phenols is 1. The zero-order valence-corrected chi connectivity index (χ0v) is 16.1. The molecule has 1 aliphatic carbocycles. The highest BCUT2D eigenvalue weighted by atomic mass is 16.5. The number of aromatic hydroxyl groups is 1. The highest BCUT2D eigenvalue weighted by Crippen LogP contribution is 2.26. The number of carbonyl (C=O) groups is 3. The SMILES string of the molecule is COc1cc(/C=C/C(=O)O[C@H](C)C(=O)NC(=O)NC2CCCCC2)ccc1O. The molecule has 0 aliphatic heterocycles. The molecule has 0 heterocycles. The fourth-order valence-corrected chi connectivity index (χ4v) is 2.91. The number of ether oxygens (including phenoxy) is 2. The van der Waals surface area contributed by atoms with Gasteiger partial charge in [0, 0.05) is 12.1 Å². The number of benzene rings is 1. The molecule has 8 heteroatoms. The summed E-state index contributed by atoms with van der Waals surface area (Å²) in [5.74, 6) is -1.17. The Hall–Kier alpha value is -3.03. The first-order valence-electron chi connectivity index (χ1n) is 9.26. The van der Waals surface area contributed by atoms with Crippen molar-refractivity contribution in [3.8, 4) is 11.5 Å². The van der Waals surface area contributed by atoms with Crippen molar-refractivity contribution in [1.29, 1.82) is 0 Å². The maximum atomic E-state index is 12.0. The second-order valence-corrected chi connectivity index (χ2v) is 6.64. The third kappa shape index (κ3) is 6.61. The van der Waals surface area contributed by atoms with Gasteiger partial charge in [0.2, 0.25) is 0 Å². The number of esters is 1. The van der Waals surface area contributed by atoms with Crippen LogP contribution in [0.5, 0.6) is 11.5 Å². The molecule has 0 unspecified atom stereocenters. The third-order valence-corrected chi connectivity index (χ3v) is 4.45. The van der Waals surface area contributed by atoms with E-state index < -0.39 is 24.0 Å². The van der Waals surface area contributed by atoms with Gasteiger partial charge in [0.15, 0.2) is 17.6 Å². The van der Waals surface area contributed by atoms with Crippen molar-refractivity contribution in [1.82, 2.24) is 10.6 Å². The van der Waals surface area contributed by atoms with E-state index in [0.717, 1.165) is 38.2 Å². The predicted molar refractivity (Wildman–Crippen MR) is 103 cm³/mol.